The van der Waals surface area contributed by atoms with Gasteiger partial charge in [0.25, 0.3) is 0 Å². The Morgan fingerprint density at radius 1 is 1.05 bits per heavy atom. The first-order valence-corrected chi connectivity index (χ1v) is 7.10. The molecule has 0 aliphatic heterocycles. The van der Waals surface area contributed by atoms with E-state index in [2.05, 4.69) is 54.9 Å². The molecule has 0 aromatic heterocycles. The molecule has 19 heavy (non-hydrogen) atoms. The van der Waals surface area contributed by atoms with Gasteiger partial charge < -0.3 is 10.5 Å². The molecule has 2 N–H and O–H groups in total. The Hall–Kier alpha value is -1.48. The number of rotatable bonds is 3. The fraction of sp³-hybridized carbons (Fsp3) is 0.250. The summed E-state index contributed by atoms with van der Waals surface area (Å²) < 4.78 is 6.94. The van der Waals surface area contributed by atoms with E-state index in [0.717, 1.165) is 10.2 Å². The summed E-state index contributed by atoms with van der Waals surface area (Å²) in [7, 11) is 0. The van der Waals surface area contributed by atoms with E-state index in [9.17, 15) is 0 Å². The Kier molecular flexibility index (Phi) is 4.15. The molecule has 0 heterocycles. The molecule has 0 fully saturated rings. The molecule has 0 bridgehead atoms. The summed E-state index contributed by atoms with van der Waals surface area (Å²) in [6.45, 7) is 6.37. The molecular weight excluding hydrogens is 302 g/mol. The lowest BCUT2D eigenvalue weighted by Gasteiger charge is -2.15. The van der Waals surface area contributed by atoms with Crippen LogP contribution in [0.4, 0.5) is 5.69 Å². The van der Waals surface area contributed by atoms with Gasteiger partial charge in [-0.05, 0) is 48.2 Å². The molecule has 0 saturated heterocycles. The quantitative estimate of drug-likeness (QED) is 0.783. The molecule has 0 unspecified atom stereocenters. The van der Waals surface area contributed by atoms with E-state index in [1.165, 1.54) is 11.1 Å². The molecule has 100 valence electrons. The standard InChI is InChI=1S/C16H18BrNO/c1-10(2)13-6-4-11(3)8-16(13)19-15-7-5-12(17)9-14(15)18/h4-10H,18H2,1-3H3. The van der Waals surface area contributed by atoms with Gasteiger partial charge >= 0.3 is 0 Å². The van der Waals surface area contributed by atoms with Gasteiger partial charge in [0.15, 0.2) is 0 Å². The number of nitrogen functional groups attached to an aromatic ring is 1. The summed E-state index contributed by atoms with van der Waals surface area (Å²) in [5.41, 5.74) is 8.97. The van der Waals surface area contributed by atoms with Crippen LogP contribution in [0, 0.1) is 6.92 Å². The molecule has 0 aliphatic carbocycles. The molecule has 0 aliphatic rings. The van der Waals surface area contributed by atoms with Crippen molar-refractivity contribution < 1.29 is 4.74 Å². The Bertz CT molecular complexity index is 593. The summed E-state index contributed by atoms with van der Waals surface area (Å²) >= 11 is 3.40. The van der Waals surface area contributed by atoms with Gasteiger partial charge in [-0.25, -0.2) is 0 Å². The monoisotopic (exact) mass is 319 g/mol. The van der Waals surface area contributed by atoms with Crippen LogP contribution in [0.15, 0.2) is 40.9 Å². The van der Waals surface area contributed by atoms with Crippen molar-refractivity contribution >= 4 is 21.6 Å². The van der Waals surface area contributed by atoms with E-state index in [0.29, 0.717) is 17.4 Å². The SMILES string of the molecule is Cc1ccc(C(C)C)c(Oc2ccc(Br)cc2N)c1. The van der Waals surface area contributed by atoms with Gasteiger partial charge in [-0.15, -0.1) is 0 Å². The maximum atomic E-state index is 5.99. The second kappa shape index (κ2) is 5.66. The Morgan fingerprint density at radius 2 is 1.79 bits per heavy atom. The zero-order valence-corrected chi connectivity index (χ0v) is 13.0. The topological polar surface area (TPSA) is 35.2 Å². The summed E-state index contributed by atoms with van der Waals surface area (Å²) in [6, 6.07) is 11.9. The fourth-order valence-electron chi connectivity index (χ4n) is 1.94. The van der Waals surface area contributed by atoms with E-state index < -0.39 is 0 Å². The van der Waals surface area contributed by atoms with Crippen molar-refractivity contribution in [3.63, 3.8) is 0 Å². The normalized spacial score (nSPS) is 10.8. The van der Waals surface area contributed by atoms with Crippen molar-refractivity contribution in [2.45, 2.75) is 26.7 Å². The highest BCUT2D eigenvalue weighted by atomic mass is 79.9. The average Bonchev–Trinajstić information content (AvgIpc) is 2.32. The Balaban J connectivity index is 2.39. The molecule has 0 saturated carbocycles. The molecule has 2 rings (SSSR count). The zero-order valence-electron chi connectivity index (χ0n) is 11.4. The highest BCUT2D eigenvalue weighted by Crippen LogP contribution is 2.34. The molecule has 0 atom stereocenters. The van der Waals surface area contributed by atoms with E-state index in [1.54, 1.807) is 0 Å². The van der Waals surface area contributed by atoms with Gasteiger partial charge in [0, 0.05) is 4.47 Å². The minimum absolute atomic E-state index is 0.410. The molecular formula is C16H18BrNO. The lowest BCUT2D eigenvalue weighted by atomic mass is 10.0. The van der Waals surface area contributed by atoms with E-state index >= 15 is 0 Å². The van der Waals surface area contributed by atoms with E-state index in [-0.39, 0.29) is 0 Å². The third-order valence-electron chi connectivity index (χ3n) is 2.98. The number of nitrogens with two attached hydrogens (primary N) is 1. The third-order valence-corrected chi connectivity index (χ3v) is 3.48. The van der Waals surface area contributed by atoms with Crippen LogP contribution in [0.5, 0.6) is 11.5 Å². The molecule has 0 amide bonds. The average molecular weight is 320 g/mol. The highest BCUT2D eigenvalue weighted by Gasteiger charge is 2.10. The van der Waals surface area contributed by atoms with Gasteiger partial charge in [0.05, 0.1) is 5.69 Å². The first kappa shape index (κ1) is 13.9. The van der Waals surface area contributed by atoms with Crippen LogP contribution < -0.4 is 10.5 Å². The van der Waals surface area contributed by atoms with Crippen molar-refractivity contribution in [2.75, 3.05) is 5.73 Å². The van der Waals surface area contributed by atoms with E-state index in [1.807, 2.05) is 18.2 Å². The number of anilines is 1. The van der Waals surface area contributed by atoms with Gasteiger partial charge in [-0.2, -0.15) is 0 Å². The first-order chi connectivity index (χ1) is 8.97. The van der Waals surface area contributed by atoms with Crippen LogP contribution in [-0.2, 0) is 0 Å². The van der Waals surface area contributed by atoms with E-state index in [4.69, 9.17) is 10.5 Å². The maximum absolute atomic E-state index is 5.99. The highest BCUT2D eigenvalue weighted by molar-refractivity contribution is 9.10. The largest absolute Gasteiger partial charge is 0.455 e. The van der Waals surface area contributed by atoms with Crippen molar-refractivity contribution in [3.8, 4) is 11.5 Å². The van der Waals surface area contributed by atoms with Crippen LogP contribution in [0.25, 0.3) is 0 Å². The smallest absolute Gasteiger partial charge is 0.150 e. The second-order valence-corrected chi connectivity index (χ2v) is 5.90. The summed E-state index contributed by atoms with van der Waals surface area (Å²) in [6.07, 6.45) is 0. The van der Waals surface area contributed by atoms with Gasteiger partial charge in [-0.3, -0.25) is 0 Å². The molecule has 2 nitrogen and oxygen atoms in total. The minimum atomic E-state index is 0.410. The first-order valence-electron chi connectivity index (χ1n) is 6.31. The number of aryl methyl sites for hydroxylation is 1. The molecule has 0 radical (unpaired) electrons. The van der Waals surface area contributed by atoms with Crippen LogP contribution in [-0.4, -0.2) is 0 Å². The molecule has 3 heteroatoms. The van der Waals surface area contributed by atoms with Crippen molar-refractivity contribution in [1.82, 2.24) is 0 Å². The fourth-order valence-corrected chi connectivity index (χ4v) is 2.32. The van der Waals surface area contributed by atoms with Gasteiger partial charge in [0.2, 0.25) is 0 Å². The van der Waals surface area contributed by atoms with Crippen molar-refractivity contribution in [2.24, 2.45) is 0 Å². The Labute approximate surface area is 122 Å². The van der Waals surface area contributed by atoms with Crippen LogP contribution in [0.2, 0.25) is 0 Å². The third kappa shape index (κ3) is 3.29. The number of hydrogen-bond donors (Lipinski definition) is 1. The summed E-state index contributed by atoms with van der Waals surface area (Å²) in [4.78, 5) is 0. The zero-order chi connectivity index (χ0) is 14.0. The number of hydrogen-bond acceptors (Lipinski definition) is 2. The molecule has 2 aromatic rings. The number of ether oxygens (including phenoxy) is 1. The van der Waals surface area contributed by atoms with Crippen LogP contribution in [0.3, 0.4) is 0 Å². The summed E-state index contributed by atoms with van der Waals surface area (Å²) in [5, 5.41) is 0. The Morgan fingerprint density at radius 3 is 2.42 bits per heavy atom. The predicted molar refractivity (Wildman–Crippen MR) is 83.9 cm³/mol. The molecule has 0 spiro atoms. The number of halogens is 1. The summed E-state index contributed by atoms with van der Waals surface area (Å²) in [5.74, 6) is 1.98. The molecule has 2 aromatic carbocycles. The lowest BCUT2D eigenvalue weighted by molar-refractivity contribution is 0.475. The van der Waals surface area contributed by atoms with Crippen molar-refractivity contribution in [1.29, 1.82) is 0 Å². The van der Waals surface area contributed by atoms with Gasteiger partial charge in [-0.1, -0.05) is 41.9 Å². The van der Waals surface area contributed by atoms with Crippen LogP contribution >= 0.6 is 15.9 Å². The number of benzene rings is 2. The predicted octanol–water partition coefficient (Wildman–Crippen LogP) is 5.26. The lowest BCUT2D eigenvalue weighted by Crippen LogP contribution is -1.97. The van der Waals surface area contributed by atoms with Crippen LogP contribution in [0.1, 0.15) is 30.9 Å². The second-order valence-electron chi connectivity index (χ2n) is 4.98. The minimum Gasteiger partial charge on any atom is -0.455 e. The van der Waals surface area contributed by atoms with Crippen molar-refractivity contribution in [3.05, 3.63) is 52.0 Å². The maximum Gasteiger partial charge on any atom is 0.150 e. The van der Waals surface area contributed by atoms with Gasteiger partial charge in [0.1, 0.15) is 11.5 Å².